The van der Waals surface area contributed by atoms with Crippen molar-refractivity contribution in [3.8, 4) is 5.75 Å². The van der Waals surface area contributed by atoms with E-state index in [4.69, 9.17) is 9.47 Å². The molecule has 7 heteroatoms. The van der Waals surface area contributed by atoms with Crippen LogP contribution in [0.2, 0.25) is 0 Å². The van der Waals surface area contributed by atoms with Gasteiger partial charge in [0.15, 0.2) is 5.96 Å². The highest BCUT2D eigenvalue weighted by molar-refractivity contribution is 5.80. The first-order chi connectivity index (χ1) is 13.3. The Kier molecular flexibility index (Phi) is 7.96. The molecule has 1 aromatic carbocycles. The molecule has 0 saturated carbocycles. The number of methoxy groups -OCH3 is 1. The van der Waals surface area contributed by atoms with Gasteiger partial charge in [-0.2, -0.15) is 0 Å². The fourth-order valence-corrected chi connectivity index (χ4v) is 3.11. The van der Waals surface area contributed by atoms with Crippen LogP contribution in [0.1, 0.15) is 39.2 Å². The first kappa shape index (κ1) is 21.9. The number of aliphatic imine (C=N–C) groups is 1. The summed E-state index contributed by atoms with van der Waals surface area (Å²) in [6.07, 6.45) is 1.48. The predicted octanol–water partition coefficient (Wildman–Crippen LogP) is 2.76. The van der Waals surface area contributed by atoms with Crippen LogP contribution in [0, 0.1) is 0 Å². The van der Waals surface area contributed by atoms with Gasteiger partial charge in [0.25, 0.3) is 0 Å². The molecule has 28 heavy (non-hydrogen) atoms. The summed E-state index contributed by atoms with van der Waals surface area (Å²) in [5, 5.41) is 6.70. The van der Waals surface area contributed by atoms with Crippen LogP contribution in [0.3, 0.4) is 0 Å². The zero-order valence-electron chi connectivity index (χ0n) is 17.7. The van der Waals surface area contributed by atoms with E-state index in [2.05, 4.69) is 48.5 Å². The molecule has 2 rings (SSSR count). The molecule has 1 aliphatic rings. The van der Waals surface area contributed by atoms with E-state index < -0.39 is 0 Å². The molecule has 2 N–H and O–H groups in total. The van der Waals surface area contributed by atoms with E-state index in [1.54, 1.807) is 11.9 Å². The number of piperidine rings is 1. The molecule has 0 spiro atoms. The number of benzene rings is 1. The molecule has 1 heterocycles. The summed E-state index contributed by atoms with van der Waals surface area (Å²) < 4.78 is 10.6. The number of carbonyl (C=O) groups is 1. The van der Waals surface area contributed by atoms with Crippen molar-refractivity contribution in [2.24, 2.45) is 4.99 Å². The Balaban J connectivity index is 1.71. The van der Waals surface area contributed by atoms with Crippen molar-refractivity contribution < 1.29 is 14.3 Å². The van der Waals surface area contributed by atoms with Crippen LogP contribution in [-0.4, -0.2) is 63.4 Å². The van der Waals surface area contributed by atoms with Crippen molar-refractivity contribution in [3.05, 3.63) is 29.8 Å². The average Bonchev–Trinajstić information content (AvgIpc) is 2.69. The number of ether oxygens (including phenoxy) is 2. The lowest BCUT2D eigenvalue weighted by Crippen LogP contribution is -2.50. The lowest BCUT2D eigenvalue weighted by Gasteiger charge is -2.32. The summed E-state index contributed by atoms with van der Waals surface area (Å²) in [5.74, 6) is 1.64. The molecule has 1 amide bonds. The highest BCUT2D eigenvalue weighted by Crippen LogP contribution is 2.25. The highest BCUT2D eigenvalue weighted by Gasteiger charge is 2.23. The first-order valence-electron chi connectivity index (χ1n) is 9.87. The SMILES string of the molecule is CN=C(NCCOc1cccc(C(C)(C)C)c1)NC1CCN(C(=O)OC)CC1. The second kappa shape index (κ2) is 10.2. The summed E-state index contributed by atoms with van der Waals surface area (Å²) in [5.41, 5.74) is 1.36. The third kappa shape index (κ3) is 6.62. The number of nitrogens with zero attached hydrogens (tertiary/aromatic N) is 2. The van der Waals surface area contributed by atoms with Crippen LogP contribution in [-0.2, 0) is 10.2 Å². The van der Waals surface area contributed by atoms with Crippen LogP contribution in [0.25, 0.3) is 0 Å². The molecule has 0 bridgehead atoms. The number of likely N-dealkylation sites (tertiary alicyclic amines) is 1. The predicted molar refractivity (Wildman–Crippen MR) is 112 cm³/mol. The third-order valence-electron chi connectivity index (χ3n) is 4.86. The monoisotopic (exact) mass is 390 g/mol. The number of hydrogen-bond acceptors (Lipinski definition) is 4. The summed E-state index contributed by atoms with van der Waals surface area (Å²) in [6.45, 7) is 9.16. The minimum atomic E-state index is -0.256. The number of nitrogens with one attached hydrogen (secondary N) is 2. The van der Waals surface area contributed by atoms with E-state index in [0.29, 0.717) is 26.2 Å². The Hall–Kier alpha value is -2.44. The normalized spacial score (nSPS) is 15.9. The number of carbonyl (C=O) groups excluding carboxylic acids is 1. The number of amides is 1. The van der Waals surface area contributed by atoms with Crippen molar-refractivity contribution in [2.75, 3.05) is 40.4 Å². The minimum Gasteiger partial charge on any atom is -0.492 e. The molecule has 156 valence electrons. The summed E-state index contributed by atoms with van der Waals surface area (Å²) in [4.78, 5) is 17.6. The molecule has 0 aromatic heterocycles. The van der Waals surface area contributed by atoms with Crippen LogP contribution < -0.4 is 15.4 Å². The second-order valence-electron chi connectivity index (χ2n) is 8.00. The van der Waals surface area contributed by atoms with Gasteiger partial charge in [0.05, 0.1) is 13.7 Å². The van der Waals surface area contributed by atoms with Gasteiger partial charge in [-0.15, -0.1) is 0 Å². The van der Waals surface area contributed by atoms with Crippen molar-refractivity contribution >= 4 is 12.1 Å². The minimum absolute atomic E-state index is 0.104. The van der Waals surface area contributed by atoms with Crippen molar-refractivity contribution in [1.82, 2.24) is 15.5 Å². The molecular formula is C21H34N4O3. The quantitative estimate of drug-likeness (QED) is 0.459. The van der Waals surface area contributed by atoms with Gasteiger partial charge in [-0.3, -0.25) is 4.99 Å². The van der Waals surface area contributed by atoms with Gasteiger partial charge in [0.1, 0.15) is 12.4 Å². The van der Waals surface area contributed by atoms with Gasteiger partial charge in [-0.25, -0.2) is 4.79 Å². The molecular weight excluding hydrogens is 356 g/mol. The Morgan fingerprint density at radius 1 is 1.29 bits per heavy atom. The molecule has 0 atom stereocenters. The van der Waals surface area contributed by atoms with E-state index in [9.17, 15) is 4.79 Å². The van der Waals surface area contributed by atoms with Crippen LogP contribution >= 0.6 is 0 Å². The molecule has 0 unspecified atom stereocenters. The Morgan fingerprint density at radius 2 is 2.00 bits per heavy atom. The number of rotatable bonds is 5. The van der Waals surface area contributed by atoms with Crippen LogP contribution in [0.15, 0.2) is 29.3 Å². The Bertz CT molecular complexity index is 662. The Labute approximate surface area is 168 Å². The van der Waals surface area contributed by atoms with E-state index in [0.717, 1.165) is 24.6 Å². The fourth-order valence-electron chi connectivity index (χ4n) is 3.11. The van der Waals surface area contributed by atoms with Crippen molar-refractivity contribution in [1.29, 1.82) is 0 Å². The zero-order valence-corrected chi connectivity index (χ0v) is 17.7. The van der Waals surface area contributed by atoms with E-state index in [1.165, 1.54) is 12.7 Å². The van der Waals surface area contributed by atoms with Crippen LogP contribution in [0.4, 0.5) is 4.79 Å². The van der Waals surface area contributed by atoms with E-state index >= 15 is 0 Å². The summed E-state index contributed by atoms with van der Waals surface area (Å²) in [7, 11) is 3.17. The molecule has 0 aliphatic carbocycles. The lowest BCUT2D eigenvalue weighted by molar-refractivity contribution is 0.111. The molecule has 0 radical (unpaired) electrons. The molecule has 1 fully saturated rings. The van der Waals surface area contributed by atoms with Crippen molar-refractivity contribution in [3.63, 3.8) is 0 Å². The van der Waals surface area contributed by atoms with Crippen molar-refractivity contribution in [2.45, 2.75) is 45.1 Å². The van der Waals surface area contributed by atoms with Gasteiger partial charge < -0.3 is 25.0 Å². The average molecular weight is 391 g/mol. The number of hydrogen-bond donors (Lipinski definition) is 2. The van der Waals surface area contributed by atoms with Gasteiger partial charge >= 0.3 is 6.09 Å². The first-order valence-corrected chi connectivity index (χ1v) is 9.87. The molecule has 1 aromatic rings. The topological polar surface area (TPSA) is 75.2 Å². The number of guanidine groups is 1. The van der Waals surface area contributed by atoms with Gasteiger partial charge in [0.2, 0.25) is 0 Å². The van der Waals surface area contributed by atoms with E-state index in [-0.39, 0.29) is 17.6 Å². The molecule has 7 nitrogen and oxygen atoms in total. The van der Waals surface area contributed by atoms with Crippen LogP contribution in [0.5, 0.6) is 5.75 Å². The highest BCUT2D eigenvalue weighted by atomic mass is 16.5. The molecule has 1 saturated heterocycles. The Morgan fingerprint density at radius 3 is 2.61 bits per heavy atom. The standard InChI is InChI=1S/C21H34N4O3/c1-21(2,3)16-7-6-8-18(15-16)28-14-11-23-19(22-4)24-17-9-12-25(13-10-17)20(26)27-5/h6-8,15,17H,9-14H2,1-5H3,(H2,22,23,24). The van der Waals surface area contributed by atoms with Gasteiger partial charge in [0, 0.05) is 26.2 Å². The second-order valence-corrected chi connectivity index (χ2v) is 8.00. The van der Waals surface area contributed by atoms with Gasteiger partial charge in [-0.05, 0) is 36.0 Å². The third-order valence-corrected chi connectivity index (χ3v) is 4.86. The maximum atomic E-state index is 11.6. The fraction of sp³-hybridized carbons (Fsp3) is 0.619. The maximum absolute atomic E-state index is 11.6. The smallest absolute Gasteiger partial charge is 0.409 e. The maximum Gasteiger partial charge on any atom is 0.409 e. The van der Waals surface area contributed by atoms with Gasteiger partial charge in [-0.1, -0.05) is 32.9 Å². The largest absolute Gasteiger partial charge is 0.492 e. The summed E-state index contributed by atoms with van der Waals surface area (Å²) >= 11 is 0. The lowest BCUT2D eigenvalue weighted by atomic mass is 9.87. The molecule has 1 aliphatic heterocycles. The zero-order chi connectivity index (χ0) is 20.6. The van der Waals surface area contributed by atoms with E-state index in [1.807, 2.05) is 12.1 Å². The summed E-state index contributed by atoms with van der Waals surface area (Å²) in [6, 6.07) is 8.53.